The molecule has 0 heterocycles. The highest BCUT2D eigenvalue weighted by Gasteiger charge is 2.64. The van der Waals surface area contributed by atoms with Gasteiger partial charge in [-0.15, -0.1) is 0 Å². The van der Waals surface area contributed by atoms with Gasteiger partial charge in [0.05, 0.1) is 12.2 Å². The van der Waals surface area contributed by atoms with E-state index in [2.05, 4.69) is 132 Å². The molecule has 45 heavy (non-hydrogen) atoms. The maximum absolute atomic E-state index is 12.1. The van der Waals surface area contributed by atoms with Gasteiger partial charge in [0.25, 0.3) is 8.32 Å². The van der Waals surface area contributed by atoms with E-state index in [1.807, 2.05) is 0 Å². The first-order valence-electron chi connectivity index (χ1n) is 17.4. The van der Waals surface area contributed by atoms with E-state index in [-0.39, 0.29) is 33.8 Å². The van der Waals surface area contributed by atoms with Crippen molar-refractivity contribution in [2.75, 3.05) is 0 Å². The van der Waals surface area contributed by atoms with Crippen molar-refractivity contribution in [2.45, 2.75) is 96.5 Å². The lowest BCUT2D eigenvalue weighted by Crippen LogP contribution is -2.69. The Morgan fingerprint density at radius 3 is 1.87 bits per heavy atom. The predicted octanol–water partition coefficient (Wildman–Crippen LogP) is 7.61. The van der Waals surface area contributed by atoms with Gasteiger partial charge in [0.2, 0.25) is 0 Å². The van der Waals surface area contributed by atoms with Gasteiger partial charge in [0.1, 0.15) is 0 Å². The van der Waals surface area contributed by atoms with Gasteiger partial charge in [-0.1, -0.05) is 132 Å². The Labute approximate surface area is 271 Å². The molecule has 0 amide bonds. The Morgan fingerprint density at radius 2 is 1.29 bits per heavy atom. The Morgan fingerprint density at radius 1 is 0.711 bits per heavy atom. The van der Waals surface area contributed by atoms with Crippen LogP contribution in [0.3, 0.4) is 0 Å². The number of benzene rings is 3. The van der Waals surface area contributed by atoms with Crippen LogP contribution in [0.4, 0.5) is 0 Å². The molecule has 0 aromatic heterocycles. The highest BCUT2D eigenvalue weighted by Crippen LogP contribution is 2.67. The topological polar surface area (TPSA) is 49.7 Å². The average molecular weight is 621 g/mol. The highest BCUT2D eigenvalue weighted by atomic mass is 28.4. The Balaban J connectivity index is 1.19. The number of allylic oxidation sites excluding steroid dienone is 2. The summed E-state index contributed by atoms with van der Waals surface area (Å²) in [6.07, 6.45) is 7.14. The van der Waals surface area contributed by atoms with Gasteiger partial charge in [-0.05, 0) is 99.6 Å². The van der Waals surface area contributed by atoms with E-state index in [0.717, 1.165) is 38.5 Å². The van der Waals surface area contributed by atoms with Gasteiger partial charge >= 0.3 is 0 Å². The molecule has 0 spiro atoms. The van der Waals surface area contributed by atoms with Gasteiger partial charge in [-0.3, -0.25) is 0 Å². The SMILES string of the molecule is CC(C)(C)[Si](O[C@H]1CC[C@@]2(C)[C@H](C1)[C@@H](O)[C@H](O)[C@@H]1[C@@H]2CC[C@]2(C)C(c3ccccc3)=CC[C@@H]12)(c1ccccc1)c1ccccc1. The summed E-state index contributed by atoms with van der Waals surface area (Å²) in [5.74, 6) is 0.918. The largest absolute Gasteiger partial charge is 0.404 e. The normalized spacial score (nSPS) is 36.4. The second-order valence-electron chi connectivity index (χ2n) is 16.2. The third kappa shape index (κ3) is 4.77. The van der Waals surface area contributed by atoms with Crippen molar-refractivity contribution in [3.8, 4) is 0 Å². The minimum atomic E-state index is -2.71. The molecular weight excluding hydrogens is 569 g/mol. The predicted molar refractivity (Wildman–Crippen MR) is 187 cm³/mol. The first kappa shape index (κ1) is 31.1. The van der Waals surface area contributed by atoms with Crippen molar-refractivity contribution in [2.24, 2.45) is 34.5 Å². The fraction of sp³-hybridized carbons (Fsp3) is 0.512. The number of rotatable bonds is 5. The summed E-state index contributed by atoms with van der Waals surface area (Å²) in [6.45, 7) is 11.9. The third-order valence-electron chi connectivity index (χ3n) is 13.1. The van der Waals surface area contributed by atoms with Crippen molar-refractivity contribution in [3.05, 3.63) is 103 Å². The molecule has 0 radical (unpaired) electrons. The van der Waals surface area contributed by atoms with E-state index in [4.69, 9.17) is 4.43 Å². The first-order chi connectivity index (χ1) is 21.5. The number of hydrogen-bond donors (Lipinski definition) is 2. The molecule has 0 aliphatic heterocycles. The lowest BCUT2D eigenvalue weighted by molar-refractivity contribution is -0.216. The highest BCUT2D eigenvalue weighted by molar-refractivity contribution is 6.99. The molecule has 4 aliphatic carbocycles. The standard InChI is InChI=1S/C41H52O3Si/c1-39(2,3)45(30-17-11-7-12-18-30,31-19-13-8-14-20-31)44-29-23-25-41(5)34-24-26-40(4)32(28-15-9-6-10-16-28)21-22-33(40)36(34)38(43)37(42)35(41)27-29/h6-21,29,33-38,42-43H,22-27H2,1-5H3/t29-,33-,34-,35+,36-,37+,38+,40+,41+/m0/s1. The molecule has 238 valence electrons. The lowest BCUT2D eigenvalue weighted by atomic mass is 9.43. The minimum absolute atomic E-state index is 0.00849. The van der Waals surface area contributed by atoms with Gasteiger partial charge < -0.3 is 14.6 Å². The summed E-state index contributed by atoms with van der Waals surface area (Å²) >= 11 is 0. The number of aliphatic hydroxyl groups excluding tert-OH is 2. The van der Waals surface area contributed by atoms with Gasteiger partial charge in [0.15, 0.2) is 0 Å². The minimum Gasteiger partial charge on any atom is -0.404 e. The van der Waals surface area contributed by atoms with E-state index < -0.39 is 20.5 Å². The summed E-state index contributed by atoms with van der Waals surface area (Å²) in [4.78, 5) is 0. The molecular formula is C41H52O3Si. The van der Waals surface area contributed by atoms with E-state index >= 15 is 0 Å². The number of aliphatic hydroxyl groups is 2. The van der Waals surface area contributed by atoms with Gasteiger partial charge in [-0.2, -0.15) is 0 Å². The molecule has 9 atom stereocenters. The van der Waals surface area contributed by atoms with Gasteiger partial charge in [-0.25, -0.2) is 0 Å². The van der Waals surface area contributed by atoms with Crippen LogP contribution in [-0.2, 0) is 4.43 Å². The summed E-state index contributed by atoms with van der Waals surface area (Å²) < 4.78 is 7.62. The van der Waals surface area contributed by atoms with Crippen LogP contribution < -0.4 is 10.4 Å². The van der Waals surface area contributed by atoms with Crippen LogP contribution in [0, 0.1) is 34.5 Å². The monoisotopic (exact) mass is 620 g/mol. The zero-order valence-electron chi connectivity index (χ0n) is 27.8. The molecule has 7 rings (SSSR count). The fourth-order valence-electron chi connectivity index (χ4n) is 10.9. The Hall–Kier alpha value is -2.50. The zero-order valence-corrected chi connectivity index (χ0v) is 28.8. The number of hydrogen-bond acceptors (Lipinski definition) is 3. The lowest BCUT2D eigenvalue weighted by Gasteiger charge is -2.64. The Bertz CT molecular complexity index is 1480. The van der Waals surface area contributed by atoms with E-state index in [1.54, 1.807) is 0 Å². The van der Waals surface area contributed by atoms with Crippen LogP contribution in [0.25, 0.3) is 5.57 Å². The van der Waals surface area contributed by atoms with E-state index in [1.165, 1.54) is 21.5 Å². The molecule has 0 bridgehead atoms. The number of fused-ring (bicyclic) bond motifs is 5. The summed E-state index contributed by atoms with van der Waals surface area (Å²) in [5, 5.41) is 26.6. The maximum Gasteiger partial charge on any atom is 0.261 e. The average Bonchev–Trinajstić information content (AvgIpc) is 3.40. The van der Waals surface area contributed by atoms with Crippen molar-refractivity contribution in [1.82, 2.24) is 0 Å². The van der Waals surface area contributed by atoms with E-state index in [9.17, 15) is 10.2 Å². The second kappa shape index (κ2) is 11.3. The molecule has 3 saturated carbocycles. The van der Waals surface area contributed by atoms with E-state index in [0.29, 0.717) is 11.8 Å². The fourth-order valence-corrected chi connectivity index (χ4v) is 15.6. The van der Waals surface area contributed by atoms with Crippen LogP contribution in [0.5, 0.6) is 0 Å². The molecule has 2 N–H and O–H groups in total. The quantitative estimate of drug-likeness (QED) is 0.289. The molecule has 3 aromatic rings. The van der Waals surface area contributed by atoms with Crippen LogP contribution >= 0.6 is 0 Å². The van der Waals surface area contributed by atoms with Crippen molar-refractivity contribution in [3.63, 3.8) is 0 Å². The summed E-state index contributed by atoms with van der Waals surface area (Å²) in [7, 11) is -2.71. The molecule has 4 aliphatic rings. The van der Waals surface area contributed by atoms with Crippen molar-refractivity contribution < 1.29 is 14.6 Å². The van der Waals surface area contributed by atoms with Crippen LogP contribution in [-0.4, -0.2) is 36.8 Å². The van der Waals surface area contributed by atoms with Gasteiger partial charge in [0, 0.05) is 6.10 Å². The second-order valence-corrected chi connectivity index (χ2v) is 20.5. The van der Waals surface area contributed by atoms with Crippen LogP contribution in [0.15, 0.2) is 97.1 Å². The van der Waals surface area contributed by atoms with Crippen LogP contribution in [0.1, 0.15) is 78.7 Å². The Kier molecular flexibility index (Phi) is 7.83. The molecule has 3 aromatic carbocycles. The first-order valence-corrected chi connectivity index (χ1v) is 19.3. The van der Waals surface area contributed by atoms with Crippen LogP contribution in [0.2, 0.25) is 5.04 Å². The molecule has 0 unspecified atom stereocenters. The molecule has 3 nitrogen and oxygen atoms in total. The zero-order chi connectivity index (χ0) is 31.6. The molecule has 3 fully saturated rings. The van der Waals surface area contributed by atoms with Crippen molar-refractivity contribution in [1.29, 1.82) is 0 Å². The summed E-state index contributed by atoms with van der Waals surface area (Å²) in [6, 6.07) is 32.7. The molecule has 4 heteroatoms. The smallest absolute Gasteiger partial charge is 0.261 e. The third-order valence-corrected chi connectivity index (χ3v) is 18.2. The van der Waals surface area contributed by atoms with Crippen molar-refractivity contribution >= 4 is 24.3 Å². The maximum atomic E-state index is 12.1. The molecule has 0 saturated heterocycles. The summed E-state index contributed by atoms with van der Waals surface area (Å²) in [5.41, 5.74) is 2.79.